The van der Waals surface area contributed by atoms with Crippen molar-refractivity contribution in [2.45, 2.75) is 25.7 Å². The highest BCUT2D eigenvalue weighted by Crippen LogP contribution is 2.31. The van der Waals surface area contributed by atoms with E-state index in [1.807, 2.05) is 0 Å². The third kappa shape index (κ3) is 1.82. The van der Waals surface area contributed by atoms with Gasteiger partial charge in [-0.15, -0.1) is 6.58 Å². The molecule has 0 bridgehead atoms. The smallest absolute Gasteiger partial charge is 0.334 e. The van der Waals surface area contributed by atoms with Crippen LogP contribution >= 0.6 is 0 Å². The van der Waals surface area contributed by atoms with Crippen LogP contribution in [0, 0.1) is 0 Å². The number of ether oxygens (including phenoxy) is 3. The molecule has 1 atom stereocenters. The summed E-state index contributed by atoms with van der Waals surface area (Å²) in [6.07, 6.45) is 1.65. The molecule has 1 saturated heterocycles. The average molecular weight is 210 g/mol. The molecule has 0 amide bonds. The summed E-state index contributed by atoms with van der Waals surface area (Å²) in [6, 6.07) is 0. The monoisotopic (exact) mass is 210 g/mol. The van der Waals surface area contributed by atoms with Crippen LogP contribution in [-0.2, 0) is 19.0 Å². The molecule has 0 radical (unpaired) electrons. The Bertz CT molecular complexity index is 313. The molecule has 1 fully saturated rings. The first-order valence-corrected chi connectivity index (χ1v) is 4.99. The standard InChI is InChI=1S/C11H14O4/c1-3-4-8-9(7(2)10(12)15-8)11-13-5-6-14-11/h3,8,11H,1,4-6H2,2H3. The van der Waals surface area contributed by atoms with Gasteiger partial charge in [-0.05, 0) is 6.92 Å². The Balaban J connectivity index is 2.22. The molecule has 2 aliphatic rings. The molecule has 0 aromatic rings. The van der Waals surface area contributed by atoms with E-state index in [9.17, 15) is 4.79 Å². The molecule has 0 aromatic heterocycles. The van der Waals surface area contributed by atoms with Crippen LogP contribution in [0.25, 0.3) is 0 Å². The summed E-state index contributed by atoms with van der Waals surface area (Å²) in [7, 11) is 0. The molecule has 1 unspecified atom stereocenters. The van der Waals surface area contributed by atoms with Crippen LogP contribution < -0.4 is 0 Å². The largest absolute Gasteiger partial charge is 0.454 e. The van der Waals surface area contributed by atoms with Crippen LogP contribution in [-0.4, -0.2) is 31.6 Å². The summed E-state index contributed by atoms with van der Waals surface area (Å²) in [5.41, 5.74) is 1.42. The van der Waals surface area contributed by atoms with Crippen molar-refractivity contribution in [3.63, 3.8) is 0 Å². The van der Waals surface area contributed by atoms with Gasteiger partial charge >= 0.3 is 5.97 Å². The Morgan fingerprint density at radius 2 is 2.13 bits per heavy atom. The third-order valence-electron chi connectivity index (χ3n) is 2.59. The number of esters is 1. The molecule has 2 aliphatic heterocycles. The van der Waals surface area contributed by atoms with Gasteiger partial charge in [0.1, 0.15) is 6.10 Å². The van der Waals surface area contributed by atoms with Crippen LogP contribution in [0.5, 0.6) is 0 Å². The van der Waals surface area contributed by atoms with Crippen LogP contribution in [0.2, 0.25) is 0 Å². The summed E-state index contributed by atoms with van der Waals surface area (Å²) >= 11 is 0. The second-order valence-electron chi connectivity index (χ2n) is 3.57. The maximum Gasteiger partial charge on any atom is 0.334 e. The molecular weight excluding hydrogens is 196 g/mol. The van der Waals surface area contributed by atoms with Crippen LogP contribution in [0.3, 0.4) is 0 Å². The van der Waals surface area contributed by atoms with Crippen LogP contribution in [0.1, 0.15) is 13.3 Å². The summed E-state index contributed by atoms with van der Waals surface area (Å²) in [6.45, 7) is 6.51. The molecule has 0 N–H and O–H groups in total. The third-order valence-corrected chi connectivity index (χ3v) is 2.59. The van der Waals surface area contributed by atoms with Gasteiger partial charge in [0, 0.05) is 17.6 Å². The van der Waals surface area contributed by atoms with E-state index >= 15 is 0 Å². The second-order valence-corrected chi connectivity index (χ2v) is 3.57. The quantitative estimate of drug-likeness (QED) is 0.518. The minimum absolute atomic E-state index is 0.266. The molecule has 0 aliphatic carbocycles. The zero-order valence-electron chi connectivity index (χ0n) is 8.69. The fourth-order valence-corrected chi connectivity index (χ4v) is 1.83. The minimum atomic E-state index is -0.415. The summed E-state index contributed by atoms with van der Waals surface area (Å²) in [5, 5.41) is 0. The number of hydrogen-bond donors (Lipinski definition) is 0. The van der Waals surface area contributed by atoms with E-state index in [4.69, 9.17) is 14.2 Å². The van der Waals surface area contributed by atoms with Crippen molar-refractivity contribution in [2.24, 2.45) is 0 Å². The van der Waals surface area contributed by atoms with Gasteiger partial charge in [-0.3, -0.25) is 0 Å². The van der Waals surface area contributed by atoms with Gasteiger partial charge < -0.3 is 14.2 Å². The zero-order chi connectivity index (χ0) is 10.8. The van der Waals surface area contributed by atoms with Crippen LogP contribution in [0.15, 0.2) is 23.8 Å². The molecule has 0 aromatic carbocycles. The Morgan fingerprint density at radius 1 is 1.47 bits per heavy atom. The van der Waals surface area contributed by atoms with Gasteiger partial charge in [0.15, 0.2) is 6.29 Å². The molecule has 15 heavy (non-hydrogen) atoms. The lowest BCUT2D eigenvalue weighted by Gasteiger charge is -2.16. The second kappa shape index (κ2) is 4.16. The van der Waals surface area contributed by atoms with Gasteiger partial charge in [-0.25, -0.2) is 4.79 Å². The molecule has 0 spiro atoms. The molecule has 2 rings (SSSR count). The number of hydrogen-bond acceptors (Lipinski definition) is 4. The Kier molecular flexibility index (Phi) is 2.88. The first-order chi connectivity index (χ1) is 7.24. The highest BCUT2D eigenvalue weighted by Gasteiger charge is 2.37. The first-order valence-electron chi connectivity index (χ1n) is 4.99. The highest BCUT2D eigenvalue weighted by atomic mass is 16.7. The average Bonchev–Trinajstić information content (AvgIpc) is 2.78. The number of carbonyl (C=O) groups is 1. The molecule has 2 heterocycles. The van der Waals surface area contributed by atoms with Gasteiger partial charge in [0.05, 0.1) is 13.2 Å². The topological polar surface area (TPSA) is 44.8 Å². The maximum atomic E-state index is 11.4. The summed E-state index contributed by atoms with van der Waals surface area (Å²) < 4.78 is 16.0. The van der Waals surface area contributed by atoms with Crippen molar-refractivity contribution in [2.75, 3.05) is 13.2 Å². The van der Waals surface area contributed by atoms with Crippen molar-refractivity contribution >= 4 is 5.97 Å². The zero-order valence-corrected chi connectivity index (χ0v) is 8.69. The van der Waals surface area contributed by atoms with Crippen molar-refractivity contribution in [3.05, 3.63) is 23.8 Å². The van der Waals surface area contributed by atoms with Gasteiger partial charge in [0.2, 0.25) is 0 Å². The molecule has 82 valence electrons. The maximum absolute atomic E-state index is 11.4. The van der Waals surface area contributed by atoms with Crippen molar-refractivity contribution < 1.29 is 19.0 Å². The summed E-state index contributed by atoms with van der Waals surface area (Å²) in [4.78, 5) is 11.4. The number of carbonyl (C=O) groups excluding carboxylic acids is 1. The fourth-order valence-electron chi connectivity index (χ4n) is 1.83. The van der Waals surface area contributed by atoms with Gasteiger partial charge in [-0.1, -0.05) is 6.08 Å². The lowest BCUT2D eigenvalue weighted by Crippen LogP contribution is -2.21. The lowest BCUT2D eigenvalue weighted by atomic mass is 10.0. The number of cyclic esters (lactones) is 1. The van der Waals surface area contributed by atoms with E-state index in [0.717, 1.165) is 5.57 Å². The first kappa shape index (κ1) is 10.4. The Morgan fingerprint density at radius 3 is 2.73 bits per heavy atom. The fraction of sp³-hybridized carbons (Fsp3) is 0.545. The lowest BCUT2D eigenvalue weighted by molar-refractivity contribution is -0.140. The van der Waals surface area contributed by atoms with Crippen molar-refractivity contribution in [3.8, 4) is 0 Å². The van der Waals surface area contributed by atoms with E-state index in [-0.39, 0.29) is 12.1 Å². The summed E-state index contributed by atoms with van der Waals surface area (Å²) in [5.74, 6) is -0.282. The molecule has 0 saturated carbocycles. The van der Waals surface area contributed by atoms with Crippen molar-refractivity contribution in [1.82, 2.24) is 0 Å². The van der Waals surface area contributed by atoms with E-state index in [1.54, 1.807) is 13.0 Å². The van der Waals surface area contributed by atoms with Crippen LogP contribution in [0.4, 0.5) is 0 Å². The van der Waals surface area contributed by atoms with Gasteiger partial charge in [0.25, 0.3) is 0 Å². The highest BCUT2D eigenvalue weighted by molar-refractivity contribution is 5.91. The predicted octanol–water partition coefficient (Wildman–Crippen LogP) is 1.18. The van der Waals surface area contributed by atoms with Crippen molar-refractivity contribution in [1.29, 1.82) is 0 Å². The molecule has 4 heteroatoms. The Labute approximate surface area is 88.5 Å². The molecular formula is C11H14O4. The molecule has 4 nitrogen and oxygen atoms in total. The van der Waals surface area contributed by atoms with E-state index in [1.165, 1.54) is 0 Å². The Hall–Kier alpha value is -1.13. The predicted molar refractivity (Wildman–Crippen MR) is 53.1 cm³/mol. The number of rotatable bonds is 3. The minimum Gasteiger partial charge on any atom is -0.454 e. The SMILES string of the molecule is C=CCC1OC(=O)C(C)=C1C1OCCO1. The van der Waals surface area contributed by atoms with Gasteiger partial charge in [-0.2, -0.15) is 0 Å². The van der Waals surface area contributed by atoms with E-state index < -0.39 is 6.29 Å². The van der Waals surface area contributed by atoms with E-state index in [2.05, 4.69) is 6.58 Å². The normalized spacial score (nSPS) is 27.3. The van der Waals surface area contributed by atoms with E-state index in [0.29, 0.717) is 25.2 Å².